The molecule has 0 aromatic rings. The predicted octanol–water partition coefficient (Wildman–Crippen LogP) is 1.25. The summed E-state index contributed by atoms with van der Waals surface area (Å²) >= 11 is 0. The molecule has 1 aliphatic carbocycles. The molecule has 2 bridgehead atoms. The van der Waals surface area contributed by atoms with Crippen LogP contribution in [-0.2, 0) is 14.3 Å². The summed E-state index contributed by atoms with van der Waals surface area (Å²) in [5, 5.41) is 0. The Kier molecular flexibility index (Phi) is 2.19. The van der Waals surface area contributed by atoms with Gasteiger partial charge in [0, 0.05) is 32.1 Å². The fourth-order valence-corrected chi connectivity index (χ4v) is 4.58. The SMILES string of the molecule is COC1CC2=CC(=O)OC23CC1N1CCCCC13. The number of methoxy groups -OCH3 is 1. The van der Waals surface area contributed by atoms with E-state index in [9.17, 15) is 4.79 Å². The summed E-state index contributed by atoms with van der Waals surface area (Å²) in [5.74, 6) is -0.145. The Hall–Kier alpha value is -0.870. The lowest BCUT2D eigenvalue weighted by atomic mass is 9.76. The molecule has 4 nitrogen and oxygen atoms in total. The van der Waals surface area contributed by atoms with Crippen LogP contribution in [0, 0.1) is 0 Å². The standard InChI is InChI=1S/C14H19NO3/c1-17-11-6-9-7-13(16)18-14(9)8-10(11)15-5-3-2-4-12(14)15/h7,10-12H,2-6,8H2,1H3. The van der Waals surface area contributed by atoms with E-state index in [0.717, 1.165) is 25.8 Å². The molecule has 3 aliphatic heterocycles. The van der Waals surface area contributed by atoms with Crippen molar-refractivity contribution in [3.05, 3.63) is 11.6 Å². The molecule has 4 atom stereocenters. The van der Waals surface area contributed by atoms with Crippen molar-refractivity contribution >= 4 is 5.97 Å². The van der Waals surface area contributed by atoms with E-state index in [-0.39, 0.29) is 17.7 Å². The highest BCUT2D eigenvalue weighted by Gasteiger charge is 2.63. The van der Waals surface area contributed by atoms with Crippen LogP contribution >= 0.6 is 0 Å². The largest absolute Gasteiger partial charge is 0.450 e. The average molecular weight is 249 g/mol. The zero-order valence-corrected chi connectivity index (χ0v) is 10.7. The first-order chi connectivity index (χ1) is 8.74. The second kappa shape index (κ2) is 3.58. The molecule has 4 aliphatic rings. The number of carbonyl (C=O) groups is 1. The number of piperidine rings is 1. The first-order valence-corrected chi connectivity index (χ1v) is 6.97. The fourth-order valence-electron chi connectivity index (χ4n) is 4.58. The molecular weight excluding hydrogens is 230 g/mol. The molecule has 3 heterocycles. The highest BCUT2D eigenvalue weighted by molar-refractivity contribution is 5.87. The van der Waals surface area contributed by atoms with Crippen LogP contribution in [-0.4, -0.2) is 48.3 Å². The second-order valence-electron chi connectivity index (χ2n) is 5.98. The quantitative estimate of drug-likeness (QED) is 0.656. The molecular formula is C14H19NO3. The van der Waals surface area contributed by atoms with Crippen LogP contribution in [0.15, 0.2) is 11.6 Å². The van der Waals surface area contributed by atoms with Crippen molar-refractivity contribution in [3.8, 4) is 0 Å². The van der Waals surface area contributed by atoms with E-state index < -0.39 is 0 Å². The first-order valence-electron chi connectivity index (χ1n) is 6.97. The van der Waals surface area contributed by atoms with Gasteiger partial charge < -0.3 is 9.47 Å². The Balaban J connectivity index is 1.79. The molecule has 3 fully saturated rings. The predicted molar refractivity (Wildman–Crippen MR) is 65.1 cm³/mol. The van der Waals surface area contributed by atoms with E-state index in [4.69, 9.17) is 9.47 Å². The third-order valence-electron chi connectivity index (χ3n) is 5.29. The average Bonchev–Trinajstić information content (AvgIpc) is 2.86. The molecule has 0 N–H and O–H groups in total. The number of nitrogens with zero attached hydrogens (tertiary/aromatic N) is 1. The van der Waals surface area contributed by atoms with Crippen LogP contribution in [0.2, 0.25) is 0 Å². The molecule has 98 valence electrons. The fraction of sp³-hybridized carbons (Fsp3) is 0.786. The first kappa shape index (κ1) is 11.0. The van der Waals surface area contributed by atoms with Crippen LogP contribution in [0.1, 0.15) is 32.1 Å². The number of esters is 1. The molecule has 2 saturated heterocycles. The lowest BCUT2D eigenvalue weighted by Crippen LogP contribution is -2.48. The van der Waals surface area contributed by atoms with Crippen LogP contribution in [0.5, 0.6) is 0 Å². The number of carbonyl (C=O) groups excluding carboxylic acids is 1. The Bertz CT molecular complexity index is 433. The van der Waals surface area contributed by atoms with Crippen LogP contribution in [0.4, 0.5) is 0 Å². The third kappa shape index (κ3) is 1.20. The van der Waals surface area contributed by atoms with Gasteiger partial charge in [0.15, 0.2) is 5.60 Å². The normalized spacial score (nSPS) is 46.4. The number of ether oxygens (including phenoxy) is 2. The van der Waals surface area contributed by atoms with Gasteiger partial charge in [-0.05, 0) is 25.0 Å². The highest BCUT2D eigenvalue weighted by Crippen LogP contribution is 2.54. The van der Waals surface area contributed by atoms with E-state index in [1.165, 1.54) is 18.4 Å². The molecule has 0 aromatic heterocycles. The monoisotopic (exact) mass is 249 g/mol. The molecule has 0 aromatic carbocycles. The van der Waals surface area contributed by atoms with E-state index in [0.29, 0.717) is 12.1 Å². The molecule has 18 heavy (non-hydrogen) atoms. The Morgan fingerprint density at radius 2 is 2.39 bits per heavy atom. The van der Waals surface area contributed by atoms with Crippen molar-refractivity contribution < 1.29 is 14.3 Å². The molecule has 4 heteroatoms. The van der Waals surface area contributed by atoms with Gasteiger partial charge in [-0.1, -0.05) is 6.42 Å². The Morgan fingerprint density at radius 3 is 3.22 bits per heavy atom. The molecule has 4 rings (SSSR count). The van der Waals surface area contributed by atoms with Crippen LogP contribution in [0.3, 0.4) is 0 Å². The summed E-state index contributed by atoms with van der Waals surface area (Å²) < 4.78 is 11.4. The van der Waals surface area contributed by atoms with Crippen LogP contribution < -0.4 is 0 Å². The van der Waals surface area contributed by atoms with Gasteiger partial charge in [-0.25, -0.2) is 4.79 Å². The molecule has 0 amide bonds. The van der Waals surface area contributed by atoms with Gasteiger partial charge >= 0.3 is 5.97 Å². The summed E-state index contributed by atoms with van der Waals surface area (Å²) in [6.45, 7) is 1.13. The minimum absolute atomic E-state index is 0.145. The Morgan fingerprint density at radius 1 is 1.50 bits per heavy atom. The van der Waals surface area contributed by atoms with Gasteiger partial charge in [0.2, 0.25) is 0 Å². The van der Waals surface area contributed by atoms with Crippen molar-refractivity contribution in [1.82, 2.24) is 4.90 Å². The lowest BCUT2D eigenvalue weighted by molar-refractivity contribution is -0.148. The number of fused-ring (bicyclic) bond motifs is 3. The van der Waals surface area contributed by atoms with Gasteiger partial charge in [0.05, 0.1) is 12.1 Å². The smallest absolute Gasteiger partial charge is 0.331 e. The minimum atomic E-state index is -0.294. The summed E-state index contributed by atoms with van der Waals surface area (Å²) in [6, 6.07) is 0.831. The summed E-state index contributed by atoms with van der Waals surface area (Å²) in [6.07, 6.45) is 7.40. The maximum absolute atomic E-state index is 11.7. The van der Waals surface area contributed by atoms with E-state index in [1.54, 1.807) is 13.2 Å². The van der Waals surface area contributed by atoms with E-state index in [2.05, 4.69) is 4.90 Å². The van der Waals surface area contributed by atoms with Crippen molar-refractivity contribution in [2.45, 2.75) is 55.9 Å². The number of hydrogen-bond acceptors (Lipinski definition) is 4. The maximum atomic E-state index is 11.7. The van der Waals surface area contributed by atoms with E-state index >= 15 is 0 Å². The topological polar surface area (TPSA) is 38.8 Å². The molecule has 1 spiro atoms. The summed E-state index contributed by atoms with van der Waals surface area (Å²) in [7, 11) is 1.78. The highest BCUT2D eigenvalue weighted by atomic mass is 16.6. The maximum Gasteiger partial charge on any atom is 0.331 e. The zero-order chi connectivity index (χ0) is 12.3. The van der Waals surface area contributed by atoms with Gasteiger partial charge in [-0.2, -0.15) is 0 Å². The van der Waals surface area contributed by atoms with Gasteiger partial charge in [-0.3, -0.25) is 4.90 Å². The minimum Gasteiger partial charge on any atom is -0.450 e. The van der Waals surface area contributed by atoms with Crippen molar-refractivity contribution in [3.63, 3.8) is 0 Å². The van der Waals surface area contributed by atoms with Gasteiger partial charge in [-0.15, -0.1) is 0 Å². The van der Waals surface area contributed by atoms with Crippen molar-refractivity contribution in [1.29, 1.82) is 0 Å². The number of hydrogen-bond donors (Lipinski definition) is 0. The molecule has 4 unspecified atom stereocenters. The van der Waals surface area contributed by atoms with Crippen molar-refractivity contribution in [2.24, 2.45) is 0 Å². The molecule has 1 saturated carbocycles. The Labute approximate surface area is 107 Å². The third-order valence-corrected chi connectivity index (χ3v) is 5.29. The summed E-state index contributed by atoms with van der Waals surface area (Å²) in [5.41, 5.74) is 0.891. The summed E-state index contributed by atoms with van der Waals surface area (Å²) in [4.78, 5) is 14.3. The second-order valence-corrected chi connectivity index (χ2v) is 5.98. The van der Waals surface area contributed by atoms with Crippen molar-refractivity contribution in [2.75, 3.05) is 13.7 Å². The van der Waals surface area contributed by atoms with Gasteiger partial charge in [0.1, 0.15) is 0 Å². The lowest BCUT2D eigenvalue weighted by Gasteiger charge is -2.37. The number of rotatable bonds is 1. The van der Waals surface area contributed by atoms with Gasteiger partial charge in [0.25, 0.3) is 0 Å². The van der Waals surface area contributed by atoms with Crippen LogP contribution in [0.25, 0.3) is 0 Å². The zero-order valence-electron chi connectivity index (χ0n) is 10.7. The van der Waals surface area contributed by atoms with E-state index in [1.807, 2.05) is 0 Å². The molecule has 0 radical (unpaired) electrons.